The molecular formula is C53H37N3O2. The normalized spacial score (nSPS) is 15.8. The summed E-state index contributed by atoms with van der Waals surface area (Å²) in [6.45, 7) is 0. The third-order valence-corrected chi connectivity index (χ3v) is 11.9. The molecule has 5 heteroatoms. The molecule has 7 aromatic carbocycles. The topological polar surface area (TPSA) is 55.3 Å². The Morgan fingerprint density at radius 1 is 0.466 bits per heavy atom. The van der Waals surface area contributed by atoms with E-state index >= 15 is 0 Å². The Hall–Kier alpha value is -7.50. The van der Waals surface area contributed by atoms with Crippen LogP contribution in [0.5, 0.6) is 0 Å². The first-order valence-electron chi connectivity index (χ1n) is 20.0. The number of nitrogens with one attached hydrogen (secondary N) is 2. The molecule has 3 aromatic heterocycles. The van der Waals surface area contributed by atoms with Crippen LogP contribution in [0.4, 0.5) is 0 Å². The first-order valence-corrected chi connectivity index (χ1v) is 20.0. The molecule has 12 rings (SSSR count). The fourth-order valence-electron chi connectivity index (χ4n) is 9.00. The fraction of sp³-hybridized carbons (Fsp3) is 0.0566. The van der Waals surface area contributed by atoms with E-state index in [1.54, 1.807) is 0 Å². The Balaban J connectivity index is 0.893. The molecule has 1 aliphatic carbocycles. The van der Waals surface area contributed by atoms with Crippen molar-refractivity contribution in [1.29, 1.82) is 0 Å². The molecule has 2 aliphatic rings. The molecule has 0 amide bonds. The second-order valence-corrected chi connectivity index (χ2v) is 15.3. The van der Waals surface area contributed by atoms with Crippen LogP contribution in [0.3, 0.4) is 0 Å². The molecule has 0 fully saturated rings. The zero-order valence-corrected chi connectivity index (χ0v) is 31.6. The monoisotopic (exact) mass is 747 g/mol. The number of fused-ring (bicyclic) bond motifs is 9. The summed E-state index contributed by atoms with van der Waals surface area (Å²) in [6, 6.07) is 53.9. The lowest BCUT2D eigenvalue weighted by atomic mass is 10.0. The van der Waals surface area contributed by atoms with Crippen LogP contribution < -0.4 is 10.6 Å². The molecule has 1 unspecified atom stereocenters. The van der Waals surface area contributed by atoms with Gasteiger partial charge in [0, 0.05) is 61.0 Å². The zero-order valence-electron chi connectivity index (χ0n) is 31.6. The maximum absolute atomic E-state index is 6.62. The standard InChI is InChI=1S/C53H37N3O2/c1-3-11-33(12-4-1)45-26-27-46(55-53(54-45)34-13-5-2-6-14-34)37-20-24-43-44-29-35(21-28-49(44)57-51(43)31-37)36-19-23-41-42-25-22-38(32-52(42)58-50(41)30-36)56-47-17-9-7-15-39(47)40-16-8-10-18-48(40)56/h2-3,5-32,53-55H,1,4H2. The Labute approximate surface area is 334 Å². The second-order valence-electron chi connectivity index (χ2n) is 15.3. The van der Waals surface area contributed by atoms with Crippen LogP contribution in [-0.4, -0.2) is 4.57 Å². The van der Waals surface area contributed by atoms with E-state index < -0.39 is 0 Å². The Bertz CT molecular complexity index is 3350. The predicted molar refractivity (Wildman–Crippen MR) is 239 cm³/mol. The lowest BCUT2D eigenvalue weighted by molar-refractivity contribution is 0.562. The average molecular weight is 748 g/mol. The van der Waals surface area contributed by atoms with E-state index in [0.717, 1.165) is 90.5 Å². The largest absolute Gasteiger partial charge is 0.456 e. The SMILES string of the molecule is C1=CC(C2=CC=C(c3ccc4c(c3)oc3ccc(-c5ccc6c(c5)oc5cc(-n7c8ccccc8c8ccccc87)ccc56)cc34)NC(c3ccccc3)N2)=CCC1. The van der Waals surface area contributed by atoms with Gasteiger partial charge in [0.05, 0.1) is 11.0 Å². The van der Waals surface area contributed by atoms with Crippen molar-refractivity contribution in [3.05, 3.63) is 204 Å². The molecule has 10 aromatic rings. The molecular weight excluding hydrogens is 711 g/mol. The predicted octanol–water partition coefficient (Wildman–Crippen LogP) is 13.6. The lowest BCUT2D eigenvalue weighted by Crippen LogP contribution is -2.32. The molecule has 0 saturated carbocycles. The van der Waals surface area contributed by atoms with Gasteiger partial charge in [-0.25, -0.2) is 0 Å². The van der Waals surface area contributed by atoms with Gasteiger partial charge >= 0.3 is 0 Å². The number of hydrogen-bond acceptors (Lipinski definition) is 4. The van der Waals surface area contributed by atoms with Crippen molar-refractivity contribution in [2.45, 2.75) is 19.0 Å². The van der Waals surface area contributed by atoms with E-state index in [9.17, 15) is 0 Å². The highest BCUT2D eigenvalue weighted by molar-refractivity contribution is 6.11. The number of hydrogen-bond donors (Lipinski definition) is 2. The minimum Gasteiger partial charge on any atom is -0.456 e. The van der Waals surface area contributed by atoms with Crippen LogP contribution >= 0.6 is 0 Å². The Morgan fingerprint density at radius 2 is 1.07 bits per heavy atom. The summed E-state index contributed by atoms with van der Waals surface area (Å²) >= 11 is 0. The maximum Gasteiger partial charge on any atom is 0.137 e. The van der Waals surface area contributed by atoms with Crippen molar-refractivity contribution in [3.63, 3.8) is 0 Å². The molecule has 5 nitrogen and oxygen atoms in total. The van der Waals surface area contributed by atoms with Gasteiger partial charge in [-0.3, -0.25) is 0 Å². The van der Waals surface area contributed by atoms with Crippen molar-refractivity contribution >= 4 is 71.4 Å². The van der Waals surface area contributed by atoms with E-state index in [0.29, 0.717) is 0 Å². The van der Waals surface area contributed by atoms with Gasteiger partial charge in [-0.1, -0.05) is 103 Å². The molecule has 4 heterocycles. The first-order chi connectivity index (χ1) is 28.7. The lowest BCUT2D eigenvalue weighted by Gasteiger charge is -2.24. The summed E-state index contributed by atoms with van der Waals surface area (Å²) in [5.41, 5.74) is 14.7. The Kier molecular flexibility index (Phi) is 7.35. The molecule has 2 N–H and O–H groups in total. The van der Waals surface area contributed by atoms with Crippen LogP contribution in [-0.2, 0) is 0 Å². The molecule has 1 atom stereocenters. The third kappa shape index (κ3) is 5.31. The van der Waals surface area contributed by atoms with Crippen molar-refractivity contribution in [2.75, 3.05) is 0 Å². The van der Waals surface area contributed by atoms with E-state index in [4.69, 9.17) is 8.83 Å². The van der Waals surface area contributed by atoms with Gasteiger partial charge in [0.15, 0.2) is 0 Å². The van der Waals surface area contributed by atoms with E-state index in [2.05, 4.69) is 197 Å². The average Bonchev–Trinajstić information content (AvgIpc) is 3.89. The minimum absolute atomic E-state index is 0.0995. The van der Waals surface area contributed by atoms with Gasteiger partial charge in [0.2, 0.25) is 0 Å². The highest BCUT2D eigenvalue weighted by Crippen LogP contribution is 2.39. The van der Waals surface area contributed by atoms with Crippen LogP contribution in [0.1, 0.15) is 30.1 Å². The van der Waals surface area contributed by atoms with Gasteiger partial charge in [0.1, 0.15) is 28.5 Å². The summed E-state index contributed by atoms with van der Waals surface area (Å²) in [6.07, 6.45) is 13.2. The van der Waals surface area contributed by atoms with Gasteiger partial charge in [0.25, 0.3) is 0 Å². The van der Waals surface area contributed by atoms with Crippen LogP contribution in [0.25, 0.3) is 88.2 Å². The third-order valence-electron chi connectivity index (χ3n) is 11.9. The molecule has 0 radical (unpaired) electrons. The van der Waals surface area contributed by atoms with Crippen LogP contribution in [0.2, 0.25) is 0 Å². The van der Waals surface area contributed by atoms with Gasteiger partial charge in [-0.05, 0) is 108 Å². The number of rotatable bonds is 5. The van der Waals surface area contributed by atoms with Crippen LogP contribution in [0, 0.1) is 0 Å². The van der Waals surface area contributed by atoms with E-state index in [1.807, 2.05) is 0 Å². The molecule has 58 heavy (non-hydrogen) atoms. The van der Waals surface area contributed by atoms with E-state index in [-0.39, 0.29) is 6.17 Å². The number of allylic oxidation sites excluding steroid dienone is 5. The molecule has 0 spiro atoms. The van der Waals surface area contributed by atoms with Gasteiger partial charge in [-0.2, -0.15) is 0 Å². The minimum atomic E-state index is -0.0995. The van der Waals surface area contributed by atoms with Crippen LogP contribution in [0.15, 0.2) is 202 Å². The molecule has 0 saturated heterocycles. The quantitative estimate of drug-likeness (QED) is 0.184. The van der Waals surface area contributed by atoms with Crippen molar-refractivity contribution < 1.29 is 8.83 Å². The van der Waals surface area contributed by atoms with Crippen molar-refractivity contribution in [2.24, 2.45) is 0 Å². The van der Waals surface area contributed by atoms with Crippen molar-refractivity contribution in [1.82, 2.24) is 15.2 Å². The summed E-state index contributed by atoms with van der Waals surface area (Å²) in [5.74, 6) is 0. The highest BCUT2D eigenvalue weighted by atomic mass is 16.3. The number of aromatic nitrogens is 1. The summed E-state index contributed by atoms with van der Waals surface area (Å²) in [4.78, 5) is 0. The fourth-order valence-corrected chi connectivity index (χ4v) is 9.00. The van der Waals surface area contributed by atoms with Gasteiger partial charge in [-0.15, -0.1) is 0 Å². The first kappa shape index (κ1) is 32.7. The molecule has 276 valence electrons. The number of benzene rings is 7. The zero-order chi connectivity index (χ0) is 38.2. The van der Waals surface area contributed by atoms with E-state index in [1.165, 1.54) is 32.9 Å². The second kappa shape index (κ2) is 13.0. The molecule has 1 aliphatic heterocycles. The number of nitrogens with zero attached hydrogens (tertiary/aromatic N) is 1. The maximum atomic E-state index is 6.62. The van der Waals surface area contributed by atoms with Gasteiger partial charge < -0.3 is 24.0 Å². The number of furan rings is 2. The summed E-state index contributed by atoms with van der Waals surface area (Å²) in [7, 11) is 0. The summed E-state index contributed by atoms with van der Waals surface area (Å²) < 4.78 is 15.5. The Morgan fingerprint density at radius 3 is 1.84 bits per heavy atom. The number of para-hydroxylation sites is 2. The highest BCUT2D eigenvalue weighted by Gasteiger charge is 2.20. The summed E-state index contributed by atoms with van der Waals surface area (Å²) in [5, 5.41) is 14.4. The molecule has 0 bridgehead atoms. The van der Waals surface area contributed by atoms with Crippen molar-refractivity contribution in [3.8, 4) is 16.8 Å². The smallest absolute Gasteiger partial charge is 0.137 e.